The Labute approximate surface area is 114 Å². The Bertz CT molecular complexity index is 463. The van der Waals surface area contributed by atoms with Gasteiger partial charge >= 0.3 is 0 Å². The summed E-state index contributed by atoms with van der Waals surface area (Å²) < 4.78 is 0. The molecule has 0 aliphatic heterocycles. The Kier molecular flexibility index (Phi) is 5.39. The highest BCUT2D eigenvalue weighted by atomic mass is 16.8. The lowest BCUT2D eigenvalue weighted by Gasteiger charge is -2.26. The first-order chi connectivity index (χ1) is 8.84. The highest BCUT2D eigenvalue weighted by Crippen LogP contribution is 2.36. The van der Waals surface area contributed by atoms with E-state index in [1.807, 2.05) is 20.8 Å². The number of benzene rings is 1. The zero-order valence-electron chi connectivity index (χ0n) is 12.0. The molecule has 1 aromatic carbocycles. The predicted molar refractivity (Wildman–Crippen MR) is 73.8 cm³/mol. The molecule has 1 atom stereocenters. The average molecular weight is 264 g/mol. The van der Waals surface area contributed by atoms with Crippen LogP contribution in [0.1, 0.15) is 50.7 Å². The van der Waals surface area contributed by atoms with Crippen LogP contribution in [0, 0.1) is 6.92 Å². The summed E-state index contributed by atoms with van der Waals surface area (Å²) in [6.45, 7) is 7.74. The molecule has 0 aromatic heterocycles. The largest absolute Gasteiger partial charge is 0.871 e. The molecule has 1 rings (SSSR count). The number of allylic oxidation sites excluding steroid dienone is 2. The molecular weight excluding hydrogens is 242 g/mol. The normalized spacial score (nSPS) is 12.1. The van der Waals surface area contributed by atoms with Crippen LogP contribution in [0.2, 0.25) is 0 Å². The van der Waals surface area contributed by atoms with Crippen LogP contribution in [0.25, 0.3) is 0 Å². The van der Waals surface area contributed by atoms with Gasteiger partial charge in [0.2, 0.25) is 0 Å². The van der Waals surface area contributed by atoms with Gasteiger partial charge in [-0.2, -0.15) is 0 Å². The van der Waals surface area contributed by atoms with Crippen LogP contribution >= 0.6 is 0 Å². The van der Waals surface area contributed by atoms with Crippen molar-refractivity contribution >= 4 is 5.69 Å². The Morgan fingerprint density at radius 2 is 2.00 bits per heavy atom. The number of aryl methyl sites for hydroxylation is 1. The van der Waals surface area contributed by atoms with Gasteiger partial charge in [0.15, 0.2) is 0 Å². The van der Waals surface area contributed by atoms with E-state index in [0.717, 1.165) is 12.8 Å². The molecule has 0 aliphatic carbocycles. The van der Waals surface area contributed by atoms with Crippen LogP contribution in [0.15, 0.2) is 23.8 Å². The van der Waals surface area contributed by atoms with E-state index in [0.29, 0.717) is 11.1 Å². The van der Waals surface area contributed by atoms with Crippen molar-refractivity contribution in [1.82, 2.24) is 0 Å². The van der Waals surface area contributed by atoms with Gasteiger partial charge in [-0.1, -0.05) is 42.0 Å². The molecule has 0 radical (unpaired) electrons. The summed E-state index contributed by atoms with van der Waals surface area (Å²) in [5.41, 5.74) is 2.37. The van der Waals surface area contributed by atoms with Gasteiger partial charge in [-0.15, -0.1) is 5.23 Å². The summed E-state index contributed by atoms with van der Waals surface area (Å²) in [7, 11) is 0. The smallest absolute Gasteiger partial charge is 0.0896 e. The van der Waals surface area contributed by atoms with Crippen LogP contribution < -0.4 is 10.3 Å². The Balaban J connectivity index is 2.95. The van der Waals surface area contributed by atoms with Crippen LogP contribution in [-0.2, 0) is 0 Å². The van der Waals surface area contributed by atoms with Crippen molar-refractivity contribution in [2.24, 2.45) is 0 Å². The van der Waals surface area contributed by atoms with Crippen molar-refractivity contribution < 1.29 is 15.5 Å². The van der Waals surface area contributed by atoms with Crippen LogP contribution in [0.3, 0.4) is 0 Å². The van der Waals surface area contributed by atoms with Crippen LogP contribution in [-0.4, -0.2) is 10.4 Å². The molecule has 19 heavy (non-hydrogen) atoms. The van der Waals surface area contributed by atoms with Gasteiger partial charge in [-0.25, -0.2) is 0 Å². The number of hydrogen-bond donors (Lipinski definition) is 2. The zero-order valence-corrected chi connectivity index (χ0v) is 12.0. The molecule has 0 unspecified atom stereocenters. The second-order valence-electron chi connectivity index (χ2n) is 5.20. The van der Waals surface area contributed by atoms with Crippen LogP contribution in [0.4, 0.5) is 5.69 Å². The topological polar surface area (TPSA) is 66.8 Å². The molecule has 0 saturated carbocycles. The number of hydrogen-bond acceptors (Lipinski definition) is 4. The molecule has 0 saturated heterocycles. The molecule has 0 spiro atoms. The van der Waals surface area contributed by atoms with E-state index in [9.17, 15) is 5.11 Å². The van der Waals surface area contributed by atoms with E-state index in [2.05, 4.69) is 6.08 Å². The average Bonchev–Trinajstić information content (AvgIpc) is 2.27. The van der Waals surface area contributed by atoms with Gasteiger partial charge in [-0.05, 0) is 45.1 Å². The van der Waals surface area contributed by atoms with Gasteiger partial charge in [0, 0.05) is 0 Å². The summed E-state index contributed by atoms with van der Waals surface area (Å²) in [5, 5.41) is 30.4. The zero-order chi connectivity index (χ0) is 14.6. The first kappa shape index (κ1) is 15.5. The molecular formula is C15H22NO3-. The van der Waals surface area contributed by atoms with Crippen molar-refractivity contribution in [2.45, 2.75) is 46.5 Å². The quantitative estimate of drug-likeness (QED) is 0.631. The van der Waals surface area contributed by atoms with Crippen molar-refractivity contribution in [3.63, 3.8) is 0 Å². The summed E-state index contributed by atoms with van der Waals surface area (Å²) in [6.07, 6.45) is 3.91. The number of nitrogens with zero attached hydrogens (tertiary/aromatic N) is 1. The van der Waals surface area contributed by atoms with Crippen molar-refractivity contribution in [1.29, 1.82) is 0 Å². The molecule has 1 aromatic rings. The summed E-state index contributed by atoms with van der Waals surface area (Å²) in [6, 6.07) is 3.51. The third-order valence-electron chi connectivity index (χ3n) is 3.25. The molecule has 4 nitrogen and oxygen atoms in total. The minimum absolute atomic E-state index is 0.0634. The molecule has 0 heterocycles. The highest BCUT2D eigenvalue weighted by Gasteiger charge is 2.12. The van der Waals surface area contributed by atoms with Crippen molar-refractivity contribution in [3.05, 3.63) is 34.9 Å². The molecule has 0 fully saturated rings. The Hall–Kier alpha value is -1.52. The Morgan fingerprint density at radius 3 is 2.53 bits per heavy atom. The second kappa shape index (κ2) is 6.59. The summed E-state index contributed by atoms with van der Waals surface area (Å²) in [4.78, 5) is 0. The van der Waals surface area contributed by atoms with E-state index >= 15 is 0 Å². The third kappa shape index (κ3) is 3.98. The van der Waals surface area contributed by atoms with E-state index in [-0.39, 0.29) is 22.6 Å². The minimum atomic E-state index is -0.310. The summed E-state index contributed by atoms with van der Waals surface area (Å²) in [5.74, 6) is -0.225. The van der Waals surface area contributed by atoms with Gasteiger partial charge in [0.05, 0.1) is 5.69 Å². The fraction of sp³-hybridized carbons (Fsp3) is 0.467. The Morgan fingerprint density at radius 1 is 1.37 bits per heavy atom. The highest BCUT2D eigenvalue weighted by molar-refractivity contribution is 5.63. The number of rotatable bonds is 5. The van der Waals surface area contributed by atoms with E-state index in [4.69, 9.17) is 10.4 Å². The van der Waals surface area contributed by atoms with Crippen LogP contribution in [0.5, 0.6) is 5.75 Å². The van der Waals surface area contributed by atoms with Crippen molar-refractivity contribution in [2.75, 3.05) is 5.23 Å². The molecule has 106 valence electrons. The van der Waals surface area contributed by atoms with Gasteiger partial charge in [-0.3, -0.25) is 10.4 Å². The molecule has 0 bridgehead atoms. The SMILES string of the molecule is CC(C)=CCC[C@H](C)c1ccc(C)c(N(O)O)c1[O-]. The maximum absolute atomic E-state index is 12.2. The standard InChI is InChI=1S/C15H23NO3/c1-10(2)6-5-7-11(3)13-9-8-12(4)14(15(13)17)16(18)19/h6,8-9,11,17-19H,5,7H2,1-4H3/p-1/t11-/m0/s1. The third-order valence-corrected chi connectivity index (χ3v) is 3.25. The van der Waals surface area contributed by atoms with Gasteiger partial charge in [0.25, 0.3) is 0 Å². The van der Waals surface area contributed by atoms with Gasteiger partial charge in [0.1, 0.15) is 0 Å². The van der Waals surface area contributed by atoms with E-state index < -0.39 is 0 Å². The first-order valence-electron chi connectivity index (χ1n) is 6.46. The van der Waals surface area contributed by atoms with E-state index in [1.54, 1.807) is 19.1 Å². The maximum atomic E-state index is 12.2. The van der Waals surface area contributed by atoms with Gasteiger partial charge < -0.3 is 5.11 Å². The fourth-order valence-electron chi connectivity index (χ4n) is 2.10. The lowest BCUT2D eigenvalue weighted by Crippen LogP contribution is -2.16. The first-order valence-corrected chi connectivity index (χ1v) is 6.46. The minimum Gasteiger partial charge on any atom is -0.871 e. The molecule has 2 N–H and O–H groups in total. The lowest BCUT2D eigenvalue weighted by atomic mass is 9.93. The molecule has 0 aliphatic rings. The molecule has 0 amide bonds. The second-order valence-corrected chi connectivity index (χ2v) is 5.20. The maximum Gasteiger partial charge on any atom is 0.0896 e. The lowest BCUT2D eigenvalue weighted by molar-refractivity contribution is -0.270. The number of anilines is 1. The van der Waals surface area contributed by atoms with E-state index in [1.165, 1.54) is 5.57 Å². The van der Waals surface area contributed by atoms with Crippen molar-refractivity contribution in [3.8, 4) is 5.75 Å². The molecule has 4 heteroatoms. The predicted octanol–water partition coefficient (Wildman–Crippen LogP) is 3.50. The summed E-state index contributed by atoms with van der Waals surface area (Å²) >= 11 is 0. The monoisotopic (exact) mass is 264 g/mol. The fourth-order valence-corrected chi connectivity index (χ4v) is 2.10.